The lowest BCUT2D eigenvalue weighted by Gasteiger charge is -2.37. The van der Waals surface area contributed by atoms with Crippen molar-refractivity contribution in [3.8, 4) is 0 Å². The van der Waals surface area contributed by atoms with Crippen molar-refractivity contribution < 1.29 is 5.11 Å². The minimum atomic E-state index is 0.222. The lowest BCUT2D eigenvalue weighted by atomic mass is 9.88. The van der Waals surface area contributed by atoms with E-state index in [9.17, 15) is 5.11 Å². The molecule has 2 aliphatic rings. The number of nitrogens with zero attached hydrogens (tertiary/aromatic N) is 2. The van der Waals surface area contributed by atoms with Gasteiger partial charge in [-0.15, -0.1) is 0 Å². The number of aliphatic hydroxyl groups is 1. The Morgan fingerprint density at radius 1 is 1.05 bits per heavy atom. The molecule has 3 heteroatoms. The van der Waals surface area contributed by atoms with E-state index in [1.54, 1.807) is 5.56 Å². The Morgan fingerprint density at radius 2 is 1.86 bits per heavy atom. The van der Waals surface area contributed by atoms with Crippen molar-refractivity contribution in [1.29, 1.82) is 0 Å². The third kappa shape index (κ3) is 2.27. The van der Waals surface area contributed by atoms with E-state index in [1.807, 2.05) is 0 Å². The molecule has 1 atom stereocenters. The van der Waals surface area contributed by atoms with Gasteiger partial charge in [0.2, 0.25) is 0 Å². The molecule has 0 spiro atoms. The highest BCUT2D eigenvalue weighted by atomic mass is 16.3. The van der Waals surface area contributed by atoms with Crippen LogP contribution in [0.3, 0.4) is 0 Å². The van der Waals surface area contributed by atoms with Crippen molar-refractivity contribution in [3.63, 3.8) is 0 Å². The second-order valence-corrected chi connectivity index (χ2v) is 6.76. The molecule has 0 bridgehead atoms. The first-order chi connectivity index (χ1) is 10.9. The number of likely N-dealkylation sites (tertiary alicyclic amines) is 1. The minimum Gasteiger partial charge on any atom is -0.395 e. The number of rotatable bonds is 3. The molecule has 1 aliphatic carbocycles. The van der Waals surface area contributed by atoms with Gasteiger partial charge in [0, 0.05) is 29.2 Å². The quantitative estimate of drug-likeness (QED) is 0.939. The van der Waals surface area contributed by atoms with E-state index in [-0.39, 0.29) is 6.61 Å². The molecule has 2 heterocycles. The lowest BCUT2D eigenvalue weighted by Crippen LogP contribution is -2.35. The van der Waals surface area contributed by atoms with E-state index in [0.29, 0.717) is 6.04 Å². The minimum absolute atomic E-state index is 0.222. The monoisotopic (exact) mass is 298 g/mol. The Balaban J connectivity index is 1.84. The summed E-state index contributed by atoms with van der Waals surface area (Å²) in [6.45, 7) is 3.45. The number of aromatic nitrogens is 1. The van der Waals surface area contributed by atoms with E-state index in [1.165, 1.54) is 61.8 Å². The highest BCUT2D eigenvalue weighted by Crippen LogP contribution is 2.41. The molecule has 1 aliphatic heterocycles. The maximum Gasteiger partial charge on any atom is 0.0610 e. The summed E-state index contributed by atoms with van der Waals surface area (Å²) < 4.78 is 2.38. The number of piperidine rings is 1. The summed E-state index contributed by atoms with van der Waals surface area (Å²) in [7, 11) is 0. The van der Waals surface area contributed by atoms with E-state index in [4.69, 9.17) is 0 Å². The zero-order valence-corrected chi connectivity index (χ0v) is 13.3. The van der Waals surface area contributed by atoms with E-state index in [0.717, 1.165) is 13.0 Å². The number of hydrogen-bond donors (Lipinski definition) is 1. The molecule has 0 saturated carbocycles. The van der Waals surface area contributed by atoms with Gasteiger partial charge >= 0.3 is 0 Å². The van der Waals surface area contributed by atoms with Crippen LogP contribution in [0.2, 0.25) is 0 Å². The van der Waals surface area contributed by atoms with E-state index < -0.39 is 0 Å². The van der Waals surface area contributed by atoms with Crippen LogP contribution < -0.4 is 0 Å². The van der Waals surface area contributed by atoms with Crippen molar-refractivity contribution in [3.05, 3.63) is 35.5 Å². The first-order valence-electron chi connectivity index (χ1n) is 8.85. The molecule has 1 aromatic carbocycles. The SMILES string of the molecule is OCCn1c2c(c3ccccc31)C(N1CCCCC1)CCC2. The van der Waals surface area contributed by atoms with Crippen LogP contribution >= 0.6 is 0 Å². The molecule has 1 aromatic heterocycles. The zero-order valence-electron chi connectivity index (χ0n) is 13.3. The molecule has 3 nitrogen and oxygen atoms in total. The van der Waals surface area contributed by atoms with Crippen molar-refractivity contribution in [1.82, 2.24) is 9.47 Å². The normalized spacial score (nSPS) is 22.9. The van der Waals surface area contributed by atoms with Gasteiger partial charge in [0.15, 0.2) is 0 Å². The fraction of sp³-hybridized carbons (Fsp3) is 0.579. The number of para-hydroxylation sites is 1. The predicted molar refractivity (Wildman–Crippen MR) is 90.1 cm³/mol. The van der Waals surface area contributed by atoms with Crippen molar-refractivity contribution >= 4 is 10.9 Å². The molecular weight excluding hydrogens is 272 g/mol. The average molecular weight is 298 g/mol. The van der Waals surface area contributed by atoms with Crippen molar-refractivity contribution in [2.24, 2.45) is 0 Å². The van der Waals surface area contributed by atoms with Gasteiger partial charge in [-0.25, -0.2) is 0 Å². The average Bonchev–Trinajstić information content (AvgIpc) is 2.91. The standard InChI is InChI=1S/C19H26N2O/c22-14-13-21-16-8-3-2-7-15(16)19-17(9-6-10-18(19)21)20-11-4-1-5-12-20/h2-3,7-8,17,22H,1,4-6,9-14H2. The summed E-state index contributed by atoms with van der Waals surface area (Å²) in [6.07, 6.45) is 7.81. The second-order valence-electron chi connectivity index (χ2n) is 6.76. The summed E-state index contributed by atoms with van der Waals surface area (Å²) in [4.78, 5) is 2.72. The Hall–Kier alpha value is -1.32. The smallest absolute Gasteiger partial charge is 0.0610 e. The Morgan fingerprint density at radius 3 is 2.68 bits per heavy atom. The summed E-state index contributed by atoms with van der Waals surface area (Å²) in [6, 6.07) is 9.38. The number of hydrogen-bond acceptors (Lipinski definition) is 2. The van der Waals surface area contributed by atoms with Crippen LogP contribution in [0.1, 0.15) is 49.4 Å². The first kappa shape index (κ1) is 14.3. The van der Waals surface area contributed by atoms with Gasteiger partial charge in [-0.3, -0.25) is 4.90 Å². The summed E-state index contributed by atoms with van der Waals surface area (Å²) in [5.41, 5.74) is 4.36. The first-order valence-corrected chi connectivity index (χ1v) is 8.85. The van der Waals surface area contributed by atoms with Gasteiger partial charge in [-0.1, -0.05) is 24.6 Å². The molecule has 22 heavy (non-hydrogen) atoms. The van der Waals surface area contributed by atoms with Gasteiger partial charge in [0.25, 0.3) is 0 Å². The summed E-state index contributed by atoms with van der Waals surface area (Å²) >= 11 is 0. The largest absolute Gasteiger partial charge is 0.395 e. The Bertz CT molecular complexity index is 655. The highest BCUT2D eigenvalue weighted by Gasteiger charge is 2.31. The lowest BCUT2D eigenvalue weighted by molar-refractivity contribution is 0.148. The fourth-order valence-corrected chi connectivity index (χ4v) is 4.58. The van der Waals surface area contributed by atoms with Gasteiger partial charge in [0.05, 0.1) is 6.61 Å². The Labute approximate surface area is 132 Å². The fourth-order valence-electron chi connectivity index (χ4n) is 4.58. The zero-order chi connectivity index (χ0) is 14.9. The summed E-state index contributed by atoms with van der Waals surface area (Å²) in [5, 5.41) is 10.9. The van der Waals surface area contributed by atoms with E-state index in [2.05, 4.69) is 33.7 Å². The molecular formula is C19H26N2O. The number of aliphatic hydroxyl groups excluding tert-OH is 1. The molecule has 4 rings (SSSR count). The van der Waals surface area contributed by atoms with Crippen molar-refractivity contribution in [2.45, 2.75) is 51.1 Å². The molecule has 1 N–H and O–H groups in total. The topological polar surface area (TPSA) is 28.4 Å². The number of fused-ring (bicyclic) bond motifs is 3. The molecule has 0 amide bonds. The van der Waals surface area contributed by atoms with Crippen molar-refractivity contribution in [2.75, 3.05) is 19.7 Å². The van der Waals surface area contributed by atoms with Crippen LogP contribution in [0.25, 0.3) is 10.9 Å². The maximum absolute atomic E-state index is 9.48. The predicted octanol–water partition coefficient (Wildman–Crippen LogP) is 3.50. The molecule has 1 fully saturated rings. The van der Waals surface area contributed by atoms with Crippen LogP contribution in [-0.2, 0) is 13.0 Å². The molecule has 0 radical (unpaired) electrons. The highest BCUT2D eigenvalue weighted by molar-refractivity contribution is 5.86. The van der Waals surface area contributed by atoms with Crippen LogP contribution in [0.15, 0.2) is 24.3 Å². The van der Waals surface area contributed by atoms with Gasteiger partial charge in [-0.2, -0.15) is 0 Å². The molecule has 2 aromatic rings. The molecule has 1 unspecified atom stereocenters. The third-order valence-electron chi connectivity index (χ3n) is 5.50. The molecule has 118 valence electrons. The van der Waals surface area contributed by atoms with E-state index >= 15 is 0 Å². The van der Waals surface area contributed by atoms with Crippen LogP contribution in [0.5, 0.6) is 0 Å². The maximum atomic E-state index is 9.48. The molecule has 1 saturated heterocycles. The summed E-state index contributed by atoms with van der Waals surface area (Å²) in [5.74, 6) is 0. The van der Waals surface area contributed by atoms with Crippen LogP contribution in [0.4, 0.5) is 0 Å². The third-order valence-corrected chi connectivity index (χ3v) is 5.50. The van der Waals surface area contributed by atoms with Gasteiger partial charge < -0.3 is 9.67 Å². The number of benzene rings is 1. The Kier molecular flexibility index (Phi) is 3.93. The van der Waals surface area contributed by atoms with Gasteiger partial charge in [-0.05, 0) is 56.8 Å². The van der Waals surface area contributed by atoms with Crippen LogP contribution in [0, 0.1) is 0 Å². The van der Waals surface area contributed by atoms with Crippen LogP contribution in [-0.4, -0.2) is 34.3 Å². The second kappa shape index (κ2) is 6.05. The van der Waals surface area contributed by atoms with Gasteiger partial charge in [0.1, 0.15) is 0 Å².